The quantitative estimate of drug-likeness (QED) is 0.693. The molecule has 0 amide bonds. The molecule has 112 valence electrons. The van der Waals surface area contributed by atoms with Gasteiger partial charge in [-0.2, -0.15) is 0 Å². The van der Waals surface area contributed by atoms with E-state index in [9.17, 15) is 4.79 Å². The molecule has 0 unspecified atom stereocenters. The van der Waals surface area contributed by atoms with Gasteiger partial charge in [-0.25, -0.2) is 4.98 Å². The van der Waals surface area contributed by atoms with E-state index in [1.165, 1.54) is 5.56 Å². The summed E-state index contributed by atoms with van der Waals surface area (Å²) in [5, 5.41) is 0. The number of aryl methyl sites for hydroxylation is 1. The lowest BCUT2D eigenvalue weighted by Crippen LogP contribution is -2.07. The third-order valence-corrected chi connectivity index (χ3v) is 3.54. The number of pyridine rings is 1. The first-order valence-corrected chi connectivity index (χ1v) is 7.35. The Balaban J connectivity index is 1.91. The highest BCUT2D eigenvalue weighted by Gasteiger charge is 2.08. The van der Waals surface area contributed by atoms with Crippen LogP contribution < -0.4 is 0 Å². The van der Waals surface area contributed by atoms with Crippen LogP contribution in [-0.4, -0.2) is 22.0 Å². The van der Waals surface area contributed by atoms with Crippen molar-refractivity contribution in [2.75, 3.05) is 6.61 Å². The molecule has 4 nitrogen and oxygen atoms in total. The minimum absolute atomic E-state index is 0.193. The Morgan fingerprint density at radius 2 is 2.05 bits per heavy atom. The molecule has 0 fully saturated rings. The number of ether oxygens (including phenoxy) is 1. The Labute approximate surface area is 129 Å². The standard InChI is InChI=1S/C18H18N2O2/c1-3-22-17(21)11-14-4-6-15(7-5-14)16-10-13(2)12-20-9-8-19-18(16)20/h4-10,12H,3,11H2,1-2H3. The van der Waals surface area contributed by atoms with Crippen molar-refractivity contribution < 1.29 is 9.53 Å². The molecule has 0 saturated heterocycles. The largest absolute Gasteiger partial charge is 0.466 e. The second kappa shape index (κ2) is 6.02. The fourth-order valence-corrected chi connectivity index (χ4v) is 2.57. The van der Waals surface area contributed by atoms with E-state index in [1.54, 1.807) is 6.20 Å². The molecule has 0 N–H and O–H groups in total. The van der Waals surface area contributed by atoms with Gasteiger partial charge in [0.1, 0.15) is 5.65 Å². The lowest BCUT2D eigenvalue weighted by molar-refractivity contribution is -0.142. The predicted molar refractivity (Wildman–Crippen MR) is 85.7 cm³/mol. The molecule has 0 aliphatic rings. The molecule has 0 bridgehead atoms. The number of rotatable bonds is 4. The Kier molecular flexibility index (Phi) is 3.92. The van der Waals surface area contributed by atoms with E-state index in [0.717, 1.165) is 22.3 Å². The molecule has 3 rings (SSSR count). The zero-order chi connectivity index (χ0) is 15.5. The number of benzene rings is 1. The average Bonchev–Trinajstić information content (AvgIpc) is 2.95. The lowest BCUT2D eigenvalue weighted by atomic mass is 10.0. The summed E-state index contributed by atoms with van der Waals surface area (Å²) < 4.78 is 7.00. The van der Waals surface area contributed by atoms with Gasteiger partial charge >= 0.3 is 5.97 Å². The lowest BCUT2D eigenvalue weighted by Gasteiger charge is -2.07. The Morgan fingerprint density at radius 1 is 1.27 bits per heavy atom. The molecule has 3 aromatic rings. The molecular weight excluding hydrogens is 276 g/mol. The van der Waals surface area contributed by atoms with E-state index in [0.29, 0.717) is 13.0 Å². The molecular formula is C18H18N2O2. The molecule has 0 spiro atoms. The molecule has 1 aromatic carbocycles. The number of esters is 1. The van der Waals surface area contributed by atoms with Crippen molar-refractivity contribution >= 4 is 11.6 Å². The fraction of sp³-hybridized carbons (Fsp3) is 0.222. The molecule has 4 heteroatoms. The van der Waals surface area contributed by atoms with Crippen molar-refractivity contribution in [1.29, 1.82) is 0 Å². The summed E-state index contributed by atoms with van der Waals surface area (Å²) in [6, 6.07) is 10.1. The average molecular weight is 294 g/mol. The van der Waals surface area contributed by atoms with Crippen molar-refractivity contribution in [3.05, 3.63) is 60.0 Å². The normalized spacial score (nSPS) is 10.8. The molecule has 2 heterocycles. The van der Waals surface area contributed by atoms with Crippen LogP contribution in [0.5, 0.6) is 0 Å². The van der Waals surface area contributed by atoms with Crippen LogP contribution in [-0.2, 0) is 16.0 Å². The number of hydrogen-bond donors (Lipinski definition) is 0. The molecule has 0 saturated carbocycles. The minimum atomic E-state index is -0.193. The van der Waals surface area contributed by atoms with E-state index in [1.807, 2.05) is 41.8 Å². The van der Waals surface area contributed by atoms with Crippen LogP contribution in [0.4, 0.5) is 0 Å². The second-order valence-electron chi connectivity index (χ2n) is 5.27. The number of aromatic nitrogens is 2. The number of carbonyl (C=O) groups excluding carboxylic acids is 1. The van der Waals surface area contributed by atoms with Crippen molar-refractivity contribution in [2.45, 2.75) is 20.3 Å². The highest BCUT2D eigenvalue weighted by molar-refractivity contribution is 5.79. The molecule has 0 aliphatic heterocycles. The number of imidazole rings is 1. The summed E-state index contributed by atoms with van der Waals surface area (Å²) in [6.45, 7) is 4.30. The van der Waals surface area contributed by atoms with Gasteiger partial charge in [0.15, 0.2) is 0 Å². The van der Waals surface area contributed by atoms with Crippen LogP contribution in [0.1, 0.15) is 18.1 Å². The van der Waals surface area contributed by atoms with Crippen LogP contribution in [0, 0.1) is 6.92 Å². The highest BCUT2D eigenvalue weighted by Crippen LogP contribution is 2.25. The summed E-state index contributed by atoms with van der Waals surface area (Å²) in [5.41, 5.74) is 5.24. The summed E-state index contributed by atoms with van der Waals surface area (Å²) in [7, 11) is 0. The maximum absolute atomic E-state index is 11.5. The number of nitrogens with zero attached hydrogens (tertiary/aromatic N) is 2. The van der Waals surface area contributed by atoms with Crippen LogP contribution in [0.15, 0.2) is 48.9 Å². The molecule has 0 radical (unpaired) electrons. The van der Waals surface area contributed by atoms with Crippen molar-refractivity contribution in [1.82, 2.24) is 9.38 Å². The van der Waals surface area contributed by atoms with Gasteiger partial charge in [-0.1, -0.05) is 24.3 Å². The first-order valence-electron chi connectivity index (χ1n) is 7.35. The van der Waals surface area contributed by atoms with Gasteiger partial charge < -0.3 is 9.14 Å². The minimum Gasteiger partial charge on any atom is -0.466 e. The van der Waals surface area contributed by atoms with Crippen molar-refractivity contribution in [3.63, 3.8) is 0 Å². The van der Waals surface area contributed by atoms with E-state index in [-0.39, 0.29) is 5.97 Å². The van der Waals surface area contributed by atoms with Gasteiger partial charge in [-0.05, 0) is 36.6 Å². The maximum atomic E-state index is 11.5. The summed E-state index contributed by atoms with van der Waals surface area (Å²) >= 11 is 0. The second-order valence-corrected chi connectivity index (χ2v) is 5.27. The SMILES string of the molecule is CCOC(=O)Cc1ccc(-c2cc(C)cn3ccnc23)cc1. The van der Waals surface area contributed by atoms with E-state index in [2.05, 4.69) is 24.2 Å². The Morgan fingerprint density at radius 3 is 2.77 bits per heavy atom. The van der Waals surface area contributed by atoms with Gasteiger partial charge in [0, 0.05) is 24.2 Å². The topological polar surface area (TPSA) is 43.6 Å². The van der Waals surface area contributed by atoms with Crippen LogP contribution in [0.2, 0.25) is 0 Å². The first-order chi connectivity index (χ1) is 10.7. The van der Waals surface area contributed by atoms with E-state index >= 15 is 0 Å². The third kappa shape index (κ3) is 2.86. The first kappa shape index (κ1) is 14.3. The summed E-state index contributed by atoms with van der Waals surface area (Å²) in [4.78, 5) is 15.9. The van der Waals surface area contributed by atoms with E-state index in [4.69, 9.17) is 4.74 Å². The van der Waals surface area contributed by atoms with Gasteiger partial charge in [0.25, 0.3) is 0 Å². The van der Waals surface area contributed by atoms with E-state index < -0.39 is 0 Å². The van der Waals surface area contributed by atoms with Gasteiger partial charge in [0.2, 0.25) is 0 Å². The predicted octanol–water partition coefficient (Wildman–Crippen LogP) is 3.42. The number of carbonyl (C=O) groups is 1. The van der Waals surface area contributed by atoms with Crippen molar-refractivity contribution in [2.24, 2.45) is 0 Å². The summed E-state index contributed by atoms with van der Waals surface area (Å²) in [5.74, 6) is -0.193. The monoisotopic (exact) mass is 294 g/mol. The maximum Gasteiger partial charge on any atom is 0.310 e. The number of fused-ring (bicyclic) bond motifs is 1. The zero-order valence-corrected chi connectivity index (χ0v) is 12.7. The molecule has 22 heavy (non-hydrogen) atoms. The van der Waals surface area contributed by atoms with Crippen molar-refractivity contribution in [3.8, 4) is 11.1 Å². The van der Waals surface area contributed by atoms with Gasteiger partial charge in [-0.15, -0.1) is 0 Å². The molecule has 0 aliphatic carbocycles. The highest BCUT2D eigenvalue weighted by atomic mass is 16.5. The van der Waals surface area contributed by atoms with Crippen LogP contribution in [0.3, 0.4) is 0 Å². The Bertz CT molecular complexity index is 804. The number of hydrogen-bond acceptors (Lipinski definition) is 3. The third-order valence-electron chi connectivity index (χ3n) is 3.54. The molecule has 0 atom stereocenters. The van der Waals surface area contributed by atoms with Crippen LogP contribution in [0.25, 0.3) is 16.8 Å². The van der Waals surface area contributed by atoms with Gasteiger partial charge in [0.05, 0.1) is 13.0 Å². The fourth-order valence-electron chi connectivity index (χ4n) is 2.57. The zero-order valence-electron chi connectivity index (χ0n) is 12.7. The summed E-state index contributed by atoms with van der Waals surface area (Å²) in [6.07, 6.45) is 6.11. The molecule has 2 aromatic heterocycles. The smallest absolute Gasteiger partial charge is 0.310 e. The van der Waals surface area contributed by atoms with Gasteiger partial charge in [-0.3, -0.25) is 4.79 Å². The van der Waals surface area contributed by atoms with Crippen LogP contribution >= 0.6 is 0 Å². The Hall–Kier alpha value is -2.62.